The zero-order valence-corrected chi connectivity index (χ0v) is 12.8. The third kappa shape index (κ3) is 3.25. The molecular formula is C16H24N4. The van der Waals surface area contributed by atoms with Gasteiger partial charge in [-0.25, -0.2) is 4.98 Å². The van der Waals surface area contributed by atoms with Crippen LogP contribution >= 0.6 is 0 Å². The molecule has 2 rings (SSSR count). The molecule has 0 fully saturated rings. The van der Waals surface area contributed by atoms with E-state index in [1.54, 1.807) is 6.33 Å². The monoisotopic (exact) mass is 272 g/mol. The van der Waals surface area contributed by atoms with Crippen LogP contribution in [0, 0.1) is 13.8 Å². The van der Waals surface area contributed by atoms with Gasteiger partial charge in [-0.2, -0.15) is 5.10 Å². The lowest BCUT2D eigenvalue weighted by molar-refractivity contribution is 0.517. The van der Waals surface area contributed by atoms with Gasteiger partial charge < -0.3 is 5.32 Å². The predicted molar refractivity (Wildman–Crippen MR) is 81.7 cm³/mol. The molecule has 0 bridgehead atoms. The Bertz CT molecular complexity index is 559. The quantitative estimate of drug-likeness (QED) is 0.879. The highest BCUT2D eigenvalue weighted by Crippen LogP contribution is 2.20. The summed E-state index contributed by atoms with van der Waals surface area (Å²) in [6.07, 6.45) is 3.58. The van der Waals surface area contributed by atoms with Gasteiger partial charge in [0.15, 0.2) is 0 Å². The molecule has 2 aromatic rings. The largest absolute Gasteiger partial charge is 0.313 e. The lowest BCUT2D eigenvalue weighted by Gasteiger charge is -2.18. The van der Waals surface area contributed by atoms with E-state index in [1.807, 2.05) is 11.7 Å². The van der Waals surface area contributed by atoms with Gasteiger partial charge in [-0.1, -0.05) is 25.1 Å². The van der Waals surface area contributed by atoms with E-state index in [0.29, 0.717) is 0 Å². The van der Waals surface area contributed by atoms with Gasteiger partial charge >= 0.3 is 0 Å². The summed E-state index contributed by atoms with van der Waals surface area (Å²) in [4.78, 5) is 4.40. The maximum Gasteiger partial charge on any atom is 0.138 e. The van der Waals surface area contributed by atoms with Gasteiger partial charge in [-0.15, -0.1) is 0 Å². The van der Waals surface area contributed by atoms with Crippen molar-refractivity contribution >= 4 is 0 Å². The molecule has 20 heavy (non-hydrogen) atoms. The van der Waals surface area contributed by atoms with Gasteiger partial charge in [0.25, 0.3) is 0 Å². The number of aromatic nitrogens is 3. The molecule has 1 atom stereocenters. The average molecular weight is 272 g/mol. The molecule has 0 radical (unpaired) electrons. The lowest BCUT2D eigenvalue weighted by Crippen LogP contribution is -2.21. The summed E-state index contributed by atoms with van der Waals surface area (Å²) in [5.74, 6) is 1.05. The molecule has 0 aliphatic heterocycles. The van der Waals surface area contributed by atoms with Crippen molar-refractivity contribution in [3.8, 4) is 0 Å². The van der Waals surface area contributed by atoms with Crippen LogP contribution in [-0.2, 0) is 13.0 Å². The summed E-state index contributed by atoms with van der Waals surface area (Å²) in [7, 11) is 2.00. The minimum Gasteiger partial charge on any atom is -0.313 e. The van der Waals surface area contributed by atoms with Crippen LogP contribution in [0.15, 0.2) is 24.5 Å². The molecule has 0 saturated carbocycles. The molecule has 0 aliphatic rings. The molecule has 1 aromatic heterocycles. The Hall–Kier alpha value is -1.68. The Balaban J connectivity index is 2.19. The van der Waals surface area contributed by atoms with Crippen LogP contribution in [0.1, 0.15) is 41.9 Å². The first kappa shape index (κ1) is 14.7. The van der Waals surface area contributed by atoms with Crippen molar-refractivity contribution in [2.24, 2.45) is 0 Å². The first-order chi connectivity index (χ1) is 9.65. The van der Waals surface area contributed by atoms with Crippen molar-refractivity contribution in [1.82, 2.24) is 20.1 Å². The number of rotatable bonds is 6. The summed E-state index contributed by atoms with van der Waals surface area (Å²) < 4.78 is 2.01. The number of likely N-dealkylation sites (N-methyl/N-ethyl adjacent to an activating group) is 1. The summed E-state index contributed by atoms with van der Waals surface area (Å²) >= 11 is 0. The average Bonchev–Trinajstić information content (AvgIpc) is 2.87. The second-order valence-electron chi connectivity index (χ2n) is 5.29. The normalized spacial score (nSPS) is 12.6. The number of aryl methyl sites for hydroxylation is 3. The molecule has 1 unspecified atom stereocenters. The minimum atomic E-state index is 0.272. The minimum absolute atomic E-state index is 0.272. The molecule has 1 heterocycles. The smallest absolute Gasteiger partial charge is 0.138 e. The van der Waals surface area contributed by atoms with Crippen LogP contribution in [0.3, 0.4) is 0 Å². The molecule has 4 heteroatoms. The van der Waals surface area contributed by atoms with Gasteiger partial charge in [0.05, 0.1) is 0 Å². The number of nitrogens with one attached hydrogen (secondary N) is 1. The molecular weight excluding hydrogens is 248 g/mol. The number of benzene rings is 1. The molecule has 4 nitrogen and oxygen atoms in total. The van der Waals surface area contributed by atoms with E-state index in [1.165, 1.54) is 16.7 Å². The Labute approximate surface area is 121 Å². The zero-order chi connectivity index (χ0) is 14.5. The Morgan fingerprint density at radius 2 is 2.05 bits per heavy atom. The van der Waals surface area contributed by atoms with E-state index >= 15 is 0 Å². The fraction of sp³-hybridized carbons (Fsp3) is 0.500. The van der Waals surface area contributed by atoms with Crippen LogP contribution < -0.4 is 5.32 Å². The van der Waals surface area contributed by atoms with E-state index in [0.717, 1.165) is 25.2 Å². The fourth-order valence-corrected chi connectivity index (χ4v) is 2.40. The number of hydrogen-bond donors (Lipinski definition) is 1. The summed E-state index contributed by atoms with van der Waals surface area (Å²) in [5, 5.41) is 7.69. The molecule has 1 aromatic carbocycles. The van der Waals surface area contributed by atoms with E-state index in [2.05, 4.69) is 54.4 Å². The van der Waals surface area contributed by atoms with Crippen molar-refractivity contribution in [3.05, 3.63) is 47.0 Å². The van der Waals surface area contributed by atoms with Crippen molar-refractivity contribution in [1.29, 1.82) is 0 Å². The van der Waals surface area contributed by atoms with E-state index < -0.39 is 0 Å². The van der Waals surface area contributed by atoms with Crippen LogP contribution in [0.4, 0.5) is 0 Å². The van der Waals surface area contributed by atoms with Gasteiger partial charge in [-0.3, -0.25) is 4.68 Å². The number of hydrogen-bond acceptors (Lipinski definition) is 3. The highest BCUT2D eigenvalue weighted by molar-refractivity contribution is 5.32. The second kappa shape index (κ2) is 6.66. The maximum absolute atomic E-state index is 4.40. The first-order valence-corrected chi connectivity index (χ1v) is 7.26. The first-order valence-electron chi connectivity index (χ1n) is 7.26. The highest BCUT2D eigenvalue weighted by atomic mass is 15.3. The zero-order valence-electron chi connectivity index (χ0n) is 12.8. The van der Waals surface area contributed by atoms with E-state index in [4.69, 9.17) is 0 Å². The lowest BCUT2D eigenvalue weighted by atomic mass is 9.99. The van der Waals surface area contributed by atoms with Crippen molar-refractivity contribution in [2.75, 3.05) is 7.05 Å². The maximum atomic E-state index is 4.40. The highest BCUT2D eigenvalue weighted by Gasteiger charge is 2.14. The predicted octanol–water partition coefficient (Wildman–Crippen LogP) is 2.81. The third-order valence-electron chi connectivity index (χ3n) is 3.80. The van der Waals surface area contributed by atoms with Crippen molar-refractivity contribution in [3.63, 3.8) is 0 Å². The third-order valence-corrected chi connectivity index (χ3v) is 3.80. The number of nitrogens with zero attached hydrogens (tertiary/aromatic N) is 3. The SMILES string of the molecule is CCCn1ncnc1CC(NC)c1ccc(C)c(C)c1. The van der Waals surface area contributed by atoms with Crippen LogP contribution in [0.25, 0.3) is 0 Å². The van der Waals surface area contributed by atoms with E-state index in [-0.39, 0.29) is 6.04 Å². The van der Waals surface area contributed by atoms with Crippen molar-refractivity contribution < 1.29 is 0 Å². The van der Waals surface area contributed by atoms with Gasteiger partial charge in [0.1, 0.15) is 12.2 Å². The van der Waals surface area contributed by atoms with Crippen LogP contribution in [0.5, 0.6) is 0 Å². The molecule has 1 N–H and O–H groups in total. The molecule has 0 spiro atoms. The molecule has 0 saturated heterocycles. The fourth-order valence-electron chi connectivity index (χ4n) is 2.40. The topological polar surface area (TPSA) is 42.7 Å². The summed E-state index contributed by atoms with van der Waals surface area (Å²) in [5.41, 5.74) is 3.97. The second-order valence-corrected chi connectivity index (χ2v) is 5.29. The van der Waals surface area contributed by atoms with Crippen LogP contribution in [0.2, 0.25) is 0 Å². The van der Waals surface area contributed by atoms with Gasteiger partial charge in [0.2, 0.25) is 0 Å². The molecule has 0 aliphatic carbocycles. The van der Waals surface area contributed by atoms with Gasteiger partial charge in [0, 0.05) is 19.0 Å². The molecule has 108 valence electrons. The summed E-state index contributed by atoms with van der Waals surface area (Å²) in [6, 6.07) is 6.92. The Morgan fingerprint density at radius 1 is 1.25 bits per heavy atom. The van der Waals surface area contributed by atoms with Crippen molar-refractivity contribution in [2.45, 2.75) is 46.2 Å². The van der Waals surface area contributed by atoms with Crippen LogP contribution in [-0.4, -0.2) is 21.8 Å². The molecule has 0 amide bonds. The van der Waals surface area contributed by atoms with E-state index in [9.17, 15) is 0 Å². The van der Waals surface area contributed by atoms with Gasteiger partial charge in [-0.05, 0) is 44.0 Å². The standard InChI is InChI=1S/C16H24N4/c1-5-8-20-16(18-11-19-20)10-15(17-4)14-7-6-12(2)13(3)9-14/h6-7,9,11,15,17H,5,8,10H2,1-4H3. The Kier molecular flexibility index (Phi) is 4.90. The Morgan fingerprint density at radius 3 is 2.70 bits per heavy atom. The summed E-state index contributed by atoms with van der Waals surface area (Å²) in [6.45, 7) is 7.39.